The largest absolute Gasteiger partial charge is 0.389 e. The third-order valence-electron chi connectivity index (χ3n) is 5.43. The Hall–Kier alpha value is -1.96. The summed E-state index contributed by atoms with van der Waals surface area (Å²) in [6.07, 6.45) is 0.497. The molecule has 32 heavy (non-hydrogen) atoms. The van der Waals surface area contributed by atoms with Gasteiger partial charge in [-0.2, -0.15) is 0 Å². The molecule has 1 N–H and O–H groups in total. The number of rotatable bonds is 14. The molecule has 0 aliphatic rings. The Balaban J connectivity index is 2.35. The number of aliphatic hydroxyl groups excluding tert-OH is 1. The van der Waals surface area contributed by atoms with Gasteiger partial charge in [-0.05, 0) is 70.8 Å². The van der Waals surface area contributed by atoms with Gasteiger partial charge in [-0.25, -0.2) is 4.39 Å². The van der Waals surface area contributed by atoms with Crippen molar-refractivity contribution in [3.63, 3.8) is 0 Å². The van der Waals surface area contributed by atoms with E-state index in [0.29, 0.717) is 25.6 Å². The zero-order chi connectivity index (χ0) is 23.7. The number of nitrogens with zero attached hydrogens (tertiary/aromatic N) is 3. The molecule has 0 unspecified atom stereocenters. The molecular formula is C25H40FN3O3. The van der Waals surface area contributed by atoms with Crippen molar-refractivity contribution in [3.05, 3.63) is 35.6 Å². The van der Waals surface area contributed by atoms with Gasteiger partial charge in [0.15, 0.2) is 0 Å². The molecule has 2 aromatic rings. The van der Waals surface area contributed by atoms with Crippen LogP contribution in [0.1, 0.15) is 53.5 Å². The van der Waals surface area contributed by atoms with Gasteiger partial charge in [-0.1, -0.05) is 19.0 Å². The molecule has 2 rings (SSSR count). The number of aliphatic hydroxyl groups is 1. The molecule has 0 saturated heterocycles. The highest BCUT2D eigenvalue weighted by molar-refractivity contribution is 5.68. The second-order valence-corrected chi connectivity index (χ2v) is 8.95. The van der Waals surface area contributed by atoms with Crippen LogP contribution in [-0.4, -0.2) is 60.2 Å². The first-order chi connectivity index (χ1) is 15.2. The monoisotopic (exact) mass is 449 g/mol. The van der Waals surface area contributed by atoms with Gasteiger partial charge in [0.1, 0.15) is 11.5 Å². The molecule has 0 saturated carbocycles. The van der Waals surface area contributed by atoms with Crippen LogP contribution in [0.4, 0.5) is 10.3 Å². The Morgan fingerprint density at radius 3 is 2.31 bits per heavy atom. The second-order valence-electron chi connectivity index (χ2n) is 8.95. The van der Waals surface area contributed by atoms with Crippen LogP contribution in [-0.2, 0) is 11.3 Å². The van der Waals surface area contributed by atoms with Gasteiger partial charge in [-0.3, -0.25) is 4.90 Å². The first-order valence-corrected chi connectivity index (χ1v) is 11.8. The van der Waals surface area contributed by atoms with Gasteiger partial charge in [0.05, 0.1) is 24.4 Å². The number of aromatic nitrogens is 1. The summed E-state index contributed by atoms with van der Waals surface area (Å²) in [5.74, 6) is 0.995. The lowest BCUT2D eigenvalue weighted by Gasteiger charge is -2.27. The lowest BCUT2D eigenvalue weighted by molar-refractivity contribution is -0.00996. The highest BCUT2D eigenvalue weighted by Crippen LogP contribution is 2.33. The average Bonchev–Trinajstić information content (AvgIpc) is 3.15. The van der Waals surface area contributed by atoms with E-state index in [1.165, 1.54) is 12.1 Å². The topological polar surface area (TPSA) is 62.0 Å². The molecule has 1 aromatic heterocycles. The standard InChI is InChI=1S/C25H40FN3O3/c1-7-29(8-2)25-23(24(27-32-25)20-9-11-21(26)12-10-20)16-28(14-13-18(3)4)15-22(30)17-31-19(5)6/h9-12,18-19,22,30H,7-8,13-17H2,1-6H3/t22-/m0/s1. The predicted octanol–water partition coefficient (Wildman–Crippen LogP) is 4.96. The van der Waals surface area contributed by atoms with Crippen LogP contribution < -0.4 is 4.90 Å². The maximum Gasteiger partial charge on any atom is 0.232 e. The first-order valence-electron chi connectivity index (χ1n) is 11.8. The minimum absolute atomic E-state index is 0.0752. The van der Waals surface area contributed by atoms with E-state index in [1.807, 2.05) is 13.8 Å². The molecule has 0 amide bonds. The van der Waals surface area contributed by atoms with Crippen LogP contribution in [0, 0.1) is 11.7 Å². The molecule has 180 valence electrons. The van der Waals surface area contributed by atoms with Crippen molar-refractivity contribution in [1.82, 2.24) is 10.1 Å². The van der Waals surface area contributed by atoms with Gasteiger partial charge in [-0.15, -0.1) is 0 Å². The van der Waals surface area contributed by atoms with Crippen molar-refractivity contribution in [2.24, 2.45) is 5.92 Å². The maximum absolute atomic E-state index is 13.5. The molecule has 0 aliphatic heterocycles. The predicted molar refractivity (Wildman–Crippen MR) is 127 cm³/mol. The summed E-state index contributed by atoms with van der Waals surface area (Å²) in [7, 11) is 0. The Bertz CT molecular complexity index is 788. The molecule has 0 spiro atoms. The van der Waals surface area contributed by atoms with Gasteiger partial charge in [0, 0.05) is 31.7 Å². The summed E-state index contributed by atoms with van der Waals surface area (Å²) in [6.45, 7) is 16.3. The van der Waals surface area contributed by atoms with Crippen LogP contribution >= 0.6 is 0 Å². The first kappa shape index (κ1) is 26.3. The molecule has 6 nitrogen and oxygen atoms in total. The van der Waals surface area contributed by atoms with Gasteiger partial charge >= 0.3 is 0 Å². The van der Waals surface area contributed by atoms with Crippen LogP contribution in [0.2, 0.25) is 0 Å². The normalized spacial score (nSPS) is 12.8. The fraction of sp³-hybridized carbons (Fsp3) is 0.640. The van der Waals surface area contributed by atoms with E-state index in [4.69, 9.17) is 9.26 Å². The molecule has 0 bridgehead atoms. The smallest absolute Gasteiger partial charge is 0.232 e. The van der Waals surface area contributed by atoms with Crippen molar-refractivity contribution >= 4 is 5.88 Å². The molecular weight excluding hydrogens is 409 g/mol. The minimum atomic E-state index is -0.587. The third kappa shape index (κ3) is 7.87. The molecule has 1 aromatic carbocycles. The summed E-state index contributed by atoms with van der Waals surface area (Å²) < 4.78 is 24.9. The Morgan fingerprint density at radius 1 is 1.09 bits per heavy atom. The van der Waals surface area contributed by atoms with Crippen molar-refractivity contribution in [2.45, 2.75) is 66.7 Å². The lowest BCUT2D eigenvalue weighted by Crippen LogP contribution is -2.36. The van der Waals surface area contributed by atoms with E-state index in [2.05, 4.69) is 42.7 Å². The molecule has 7 heteroatoms. The molecule has 1 heterocycles. The van der Waals surface area contributed by atoms with E-state index < -0.39 is 6.10 Å². The number of hydrogen-bond acceptors (Lipinski definition) is 6. The van der Waals surface area contributed by atoms with E-state index in [0.717, 1.165) is 48.8 Å². The number of hydrogen-bond donors (Lipinski definition) is 1. The highest BCUT2D eigenvalue weighted by atomic mass is 19.1. The highest BCUT2D eigenvalue weighted by Gasteiger charge is 2.24. The quantitative estimate of drug-likeness (QED) is 0.440. The number of ether oxygens (including phenoxy) is 1. The van der Waals surface area contributed by atoms with E-state index >= 15 is 0 Å². The molecule has 1 atom stereocenters. The molecule has 0 fully saturated rings. The number of anilines is 1. The summed E-state index contributed by atoms with van der Waals surface area (Å²) in [4.78, 5) is 4.37. The fourth-order valence-electron chi connectivity index (χ4n) is 3.59. The number of halogens is 1. The van der Waals surface area contributed by atoms with Crippen molar-refractivity contribution < 1.29 is 18.8 Å². The van der Waals surface area contributed by atoms with Crippen LogP contribution in [0.3, 0.4) is 0 Å². The van der Waals surface area contributed by atoms with Gasteiger partial charge < -0.3 is 19.3 Å². The minimum Gasteiger partial charge on any atom is -0.389 e. The van der Waals surface area contributed by atoms with Crippen molar-refractivity contribution in [2.75, 3.05) is 37.7 Å². The SMILES string of the molecule is CCN(CC)c1onc(-c2ccc(F)cc2)c1CN(CCC(C)C)C[C@H](O)COC(C)C. The summed E-state index contributed by atoms with van der Waals surface area (Å²) in [5.41, 5.74) is 2.49. The zero-order valence-electron chi connectivity index (χ0n) is 20.5. The summed E-state index contributed by atoms with van der Waals surface area (Å²) in [5, 5.41) is 15.0. The third-order valence-corrected chi connectivity index (χ3v) is 5.43. The zero-order valence-corrected chi connectivity index (χ0v) is 20.5. The lowest BCUT2D eigenvalue weighted by atomic mass is 10.1. The van der Waals surface area contributed by atoms with Gasteiger partial charge in [0.25, 0.3) is 0 Å². The number of benzene rings is 1. The van der Waals surface area contributed by atoms with E-state index in [9.17, 15) is 9.50 Å². The van der Waals surface area contributed by atoms with Crippen LogP contribution in [0.15, 0.2) is 28.8 Å². The second kappa shape index (κ2) is 12.9. The molecule has 0 radical (unpaired) electrons. The van der Waals surface area contributed by atoms with Crippen molar-refractivity contribution in [1.29, 1.82) is 0 Å². The van der Waals surface area contributed by atoms with Gasteiger partial charge in [0.2, 0.25) is 5.88 Å². The maximum atomic E-state index is 13.5. The summed E-state index contributed by atoms with van der Waals surface area (Å²) in [6, 6.07) is 6.34. The van der Waals surface area contributed by atoms with E-state index in [-0.39, 0.29) is 11.9 Å². The fourth-order valence-corrected chi connectivity index (χ4v) is 3.59. The molecule has 0 aliphatic carbocycles. The van der Waals surface area contributed by atoms with Crippen molar-refractivity contribution in [3.8, 4) is 11.3 Å². The Morgan fingerprint density at radius 2 is 1.75 bits per heavy atom. The van der Waals surface area contributed by atoms with E-state index in [1.54, 1.807) is 12.1 Å². The summed E-state index contributed by atoms with van der Waals surface area (Å²) >= 11 is 0. The Kier molecular flexibility index (Phi) is 10.6. The van der Waals surface area contributed by atoms with Crippen LogP contribution in [0.5, 0.6) is 0 Å². The van der Waals surface area contributed by atoms with Crippen LogP contribution in [0.25, 0.3) is 11.3 Å². The Labute approximate surface area is 192 Å². The average molecular weight is 450 g/mol.